The molecule has 3 rings (SSSR count). The number of nitrogen functional groups attached to an aromatic ring is 1. The lowest BCUT2D eigenvalue weighted by molar-refractivity contribution is 0.340. The zero-order valence-electron chi connectivity index (χ0n) is 16.6. The van der Waals surface area contributed by atoms with Gasteiger partial charge in [-0.1, -0.05) is 47.8 Å². The third-order valence-electron chi connectivity index (χ3n) is 4.03. The quantitative estimate of drug-likeness (QED) is 0.341. The number of nitrogens with zero attached hydrogens (tertiary/aromatic N) is 2. The van der Waals surface area contributed by atoms with E-state index in [-0.39, 0.29) is 0 Å². The molecule has 1 aromatic heterocycles. The molecule has 0 spiro atoms. The van der Waals surface area contributed by atoms with Crippen LogP contribution < -0.4 is 15.2 Å². The predicted molar refractivity (Wildman–Crippen MR) is 121 cm³/mol. The zero-order valence-corrected chi connectivity index (χ0v) is 18.3. The summed E-state index contributed by atoms with van der Waals surface area (Å²) in [4.78, 5) is 8.72. The van der Waals surface area contributed by atoms with Crippen LogP contribution in [0.25, 0.3) is 0 Å². The molecular weight excluding hydrogens is 402 g/mol. The van der Waals surface area contributed by atoms with Crippen LogP contribution >= 0.6 is 23.5 Å². The summed E-state index contributed by atoms with van der Waals surface area (Å²) in [6.45, 7) is 5.30. The first-order valence-corrected chi connectivity index (χ1v) is 11.5. The average Bonchev–Trinajstić information content (AvgIpc) is 2.75. The summed E-state index contributed by atoms with van der Waals surface area (Å²) in [5.74, 6) is 3.35. The Bertz CT molecular complexity index is 831. The molecule has 0 radical (unpaired) electrons. The van der Waals surface area contributed by atoms with Gasteiger partial charge in [0.25, 0.3) is 0 Å². The molecule has 7 heteroatoms. The minimum atomic E-state index is 0.638. The number of nitrogens with two attached hydrogens (primary N) is 1. The van der Waals surface area contributed by atoms with Gasteiger partial charge in [-0.2, -0.15) is 0 Å². The van der Waals surface area contributed by atoms with Gasteiger partial charge >= 0.3 is 0 Å². The number of benzene rings is 2. The lowest BCUT2D eigenvalue weighted by Crippen LogP contribution is -1.98. The normalized spacial score (nSPS) is 10.7. The summed E-state index contributed by atoms with van der Waals surface area (Å²) in [6.07, 6.45) is 1.58. The van der Waals surface area contributed by atoms with E-state index in [1.165, 1.54) is 11.1 Å². The molecule has 0 amide bonds. The fraction of sp³-hybridized carbons (Fsp3) is 0.273. The van der Waals surface area contributed by atoms with Crippen molar-refractivity contribution in [2.24, 2.45) is 0 Å². The SMILES string of the molecule is CCOc1ccc(CSc2ncnc(SCc3ccc(OCC)cc3)c2N)cc1. The number of ether oxygens (including phenoxy) is 2. The fourth-order valence-corrected chi connectivity index (χ4v) is 4.40. The van der Waals surface area contributed by atoms with Crippen molar-refractivity contribution in [1.82, 2.24) is 9.97 Å². The fourth-order valence-electron chi connectivity index (χ4n) is 2.59. The minimum absolute atomic E-state index is 0.638. The average molecular weight is 428 g/mol. The molecule has 0 fully saturated rings. The zero-order chi connectivity index (χ0) is 20.5. The van der Waals surface area contributed by atoms with E-state index in [0.29, 0.717) is 18.9 Å². The Kier molecular flexibility index (Phi) is 8.07. The lowest BCUT2D eigenvalue weighted by atomic mass is 10.2. The Morgan fingerprint density at radius 3 is 1.52 bits per heavy atom. The molecule has 0 saturated carbocycles. The molecule has 2 aromatic carbocycles. The van der Waals surface area contributed by atoms with Crippen LogP contribution in [0.2, 0.25) is 0 Å². The third kappa shape index (κ3) is 6.30. The van der Waals surface area contributed by atoms with Gasteiger partial charge in [-0.15, -0.1) is 0 Å². The van der Waals surface area contributed by atoms with E-state index in [2.05, 4.69) is 34.2 Å². The Morgan fingerprint density at radius 2 is 1.14 bits per heavy atom. The minimum Gasteiger partial charge on any atom is -0.494 e. The van der Waals surface area contributed by atoms with Crippen molar-refractivity contribution in [1.29, 1.82) is 0 Å². The second kappa shape index (κ2) is 11.0. The highest BCUT2D eigenvalue weighted by atomic mass is 32.2. The van der Waals surface area contributed by atoms with Gasteiger partial charge in [0.2, 0.25) is 0 Å². The van der Waals surface area contributed by atoms with E-state index in [1.807, 2.05) is 38.1 Å². The molecule has 152 valence electrons. The molecule has 0 aliphatic heterocycles. The molecule has 29 heavy (non-hydrogen) atoms. The standard InChI is InChI=1S/C22H25N3O2S2/c1-3-26-18-9-5-16(6-10-18)13-28-21-20(23)22(25-15-24-21)29-14-17-7-11-19(12-8-17)27-4-2/h5-12,15H,3-4,13-14,23H2,1-2H3. The number of hydrogen-bond acceptors (Lipinski definition) is 7. The summed E-state index contributed by atoms with van der Waals surface area (Å²) < 4.78 is 11.0. The summed E-state index contributed by atoms with van der Waals surface area (Å²) in [6, 6.07) is 16.2. The molecule has 2 N–H and O–H groups in total. The maximum absolute atomic E-state index is 6.33. The summed E-state index contributed by atoms with van der Waals surface area (Å²) in [5, 5.41) is 1.62. The van der Waals surface area contributed by atoms with Crippen LogP contribution in [0.5, 0.6) is 11.5 Å². The highest BCUT2D eigenvalue weighted by Crippen LogP contribution is 2.33. The van der Waals surface area contributed by atoms with E-state index in [1.54, 1.807) is 29.9 Å². The molecule has 0 atom stereocenters. The number of rotatable bonds is 10. The van der Waals surface area contributed by atoms with Crippen molar-refractivity contribution in [3.05, 3.63) is 66.0 Å². The van der Waals surface area contributed by atoms with Crippen molar-refractivity contribution in [3.63, 3.8) is 0 Å². The maximum atomic E-state index is 6.33. The molecule has 0 unspecified atom stereocenters. The van der Waals surface area contributed by atoms with E-state index in [4.69, 9.17) is 15.2 Å². The molecule has 0 aliphatic rings. The first-order chi connectivity index (χ1) is 14.2. The molecule has 0 aliphatic carbocycles. The lowest BCUT2D eigenvalue weighted by Gasteiger charge is -2.09. The van der Waals surface area contributed by atoms with Crippen molar-refractivity contribution < 1.29 is 9.47 Å². The van der Waals surface area contributed by atoms with E-state index < -0.39 is 0 Å². The smallest absolute Gasteiger partial charge is 0.124 e. The molecular formula is C22H25N3O2S2. The van der Waals surface area contributed by atoms with Crippen LogP contribution in [0.1, 0.15) is 25.0 Å². The third-order valence-corrected chi connectivity index (χ3v) is 6.18. The summed E-state index contributed by atoms with van der Waals surface area (Å²) >= 11 is 3.23. The van der Waals surface area contributed by atoms with Crippen molar-refractivity contribution >= 4 is 29.2 Å². The predicted octanol–water partition coefficient (Wildman–Crippen LogP) is 5.44. The number of anilines is 1. The summed E-state index contributed by atoms with van der Waals surface area (Å²) in [7, 11) is 0. The number of thioether (sulfide) groups is 2. The van der Waals surface area contributed by atoms with Gasteiger partial charge in [-0.3, -0.25) is 0 Å². The maximum Gasteiger partial charge on any atom is 0.124 e. The molecule has 5 nitrogen and oxygen atoms in total. The Labute approximate surface area is 180 Å². The van der Waals surface area contributed by atoms with Crippen molar-refractivity contribution in [3.8, 4) is 11.5 Å². The van der Waals surface area contributed by atoms with E-state index in [0.717, 1.165) is 33.1 Å². The second-order valence-corrected chi connectivity index (χ2v) is 8.06. The van der Waals surface area contributed by atoms with Gasteiger partial charge in [0.15, 0.2) is 0 Å². The van der Waals surface area contributed by atoms with Crippen LogP contribution in [0.15, 0.2) is 64.9 Å². The van der Waals surface area contributed by atoms with Gasteiger partial charge in [-0.25, -0.2) is 9.97 Å². The van der Waals surface area contributed by atoms with Gasteiger partial charge < -0.3 is 15.2 Å². The van der Waals surface area contributed by atoms with Crippen molar-refractivity contribution in [2.45, 2.75) is 35.4 Å². The van der Waals surface area contributed by atoms with Crippen LogP contribution in [0.3, 0.4) is 0 Å². The van der Waals surface area contributed by atoms with Gasteiger partial charge in [0.05, 0.1) is 18.9 Å². The highest BCUT2D eigenvalue weighted by molar-refractivity contribution is 7.99. The van der Waals surface area contributed by atoms with Crippen LogP contribution in [-0.2, 0) is 11.5 Å². The van der Waals surface area contributed by atoms with Crippen LogP contribution in [-0.4, -0.2) is 23.2 Å². The first kappa shape index (κ1) is 21.3. The monoisotopic (exact) mass is 427 g/mol. The first-order valence-electron chi connectivity index (χ1n) is 9.49. The second-order valence-electron chi connectivity index (χ2n) is 6.13. The van der Waals surface area contributed by atoms with Gasteiger partial charge in [0.1, 0.15) is 27.9 Å². The summed E-state index contributed by atoms with van der Waals surface area (Å²) in [5.41, 5.74) is 9.36. The molecule has 1 heterocycles. The van der Waals surface area contributed by atoms with E-state index in [9.17, 15) is 0 Å². The molecule has 0 bridgehead atoms. The molecule has 0 saturated heterocycles. The van der Waals surface area contributed by atoms with Gasteiger partial charge in [-0.05, 0) is 49.2 Å². The Balaban J connectivity index is 1.58. The Morgan fingerprint density at radius 1 is 0.724 bits per heavy atom. The highest BCUT2D eigenvalue weighted by Gasteiger charge is 2.10. The van der Waals surface area contributed by atoms with E-state index >= 15 is 0 Å². The number of hydrogen-bond donors (Lipinski definition) is 1. The van der Waals surface area contributed by atoms with Crippen LogP contribution in [0.4, 0.5) is 5.69 Å². The molecule has 3 aromatic rings. The largest absolute Gasteiger partial charge is 0.494 e. The van der Waals surface area contributed by atoms with Crippen LogP contribution in [0, 0.1) is 0 Å². The Hall–Kier alpha value is -2.38. The number of aromatic nitrogens is 2. The topological polar surface area (TPSA) is 70.3 Å². The van der Waals surface area contributed by atoms with Crippen molar-refractivity contribution in [2.75, 3.05) is 18.9 Å². The van der Waals surface area contributed by atoms with Gasteiger partial charge in [0, 0.05) is 11.5 Å².